The second-order valence-corrected chi connectivity index (χ2v) is 2.88. The first-order valence-electron chi connectivity index (χ1n) is 3.93. The van der Waals surface area contributed by atoms with Crippen molar-refractivity contribution in [3.8, 4) is 0 Å². The molecule has 0 radical (unpaired) electrons. The lowest BCUT2D eigenvalue weighted by molar-refractivity contribution is 0.408. The molecule has 0 N–H and O–H groups in total. The van der Waals surface area contributed by atoms with E-state index in [9.17, 15) is 4.91 Å². The van der Waals surface area contributed by atoms with Gasteiger partial charge in [-0.3, -0.25) is 0 Å². The molecule has 1 unspecified atom stereocenters. The molecule has 0 saturated carbocycles. The lowest BCUT2D eigenvalue weighted by atomic mass is 10.1. The van der Waals surface area contributed by atoms with Crippen LogP contribution in [-0.2, 0) is 11.2 Å². The topological polar surface area (TPSA) is 42.0 Å². The summed E-state index contributed by atoms with van der Waals surface area (Å²) in [6.07, 6.45) is 1.12. The van der Waals surface area contributed by atoms with Crippen molar-refractivity contribution in [2.24, 2.45) is 5.18 Å². The lowest BCUT2D eigenvalue weighted by Gasteiger charge is -1.98. The van der Waals surface area contributed by atoms with Gasteiger partial charge in [0.15, 0.2) is 0 Å². The maximum atomic E-state index is 10.3. The maximum Gasteiger partial charge on any atom is 0.111 e. The average molecular weight is 163 g/mol. The van der Waals surface area contributed by atoms with E-state index < -0.39 is 0 Å². The maximum absolute atomic E-state index is 10.3. The van der Waals surface area contributed by atoms with E-state index in [4.69, 9.17) is 4.74 Å². The molecular formula is C9H9NO2. The quantitative estimate of drug-likeness (QED) is 0.505. The third kappa shape index (κ3) is 1.51. The van der Waals surface area contributed by atoms with Gasteiger partial charge in [0, 0.05) is 6.42 Å². The Balaban J connectivity index is 2.20. The zero-order valence-corrected chi connectivity index (χ0v) is 6.56. The Hall–Kier alpha value is -1.22. The van der Waals surface area contributed by atoms with Gasteiger partial charge in [-0.1, -0.05) is 18.2 Å². The van der Waals surface area contributed by atoms with Crippen LogP contribution in [0, 0.1) is 4.91 Å². The van der Waals surface area contributed by atoms with Gasteiger partial charge in [-0.25, -0.2) is 0 Å². The van der Waals surface area contributed by atoms with Crippen LogP contribution < -0.4 is 0 Å². The third-order valence-electron chi connectivity index (χ3n) is 1.94. The van der Waals surface area contributed by atoms with Gasteiger partial charge in [0.05, 0.1) is 12.7 Å². The van der Waals surface area contributed by atoms with Gasteiger partial charge >= 0.3 is 0 Å². The number of nitrogens with zero attached hydrogens (tertiary/aromatic N) is 1. The van der Waals surface area contributed by atoms with Crippen LogP contribution in [0.1, 0.15) is 5.56 Å². The van der Waals surface area contributed by atoms with Crippen LogP contribution in [0.3, 0.4) is 0 Å². The van der Waals surface area contributed by atoms with Gasteiger partial charge in [0.25, 0.3) is 0 Å². The molecule has 1 aliphatic rings. The van der Waals surface area contributed by atoms with E-state index in [2.05, 4.69) is 5.18 Å². The molecule has 1 fully saturated rings. The zero-order chi connectivity index (χ0) is 8.39. The van der Waals surface area contributed by atoms with Crippen molar-refractivity contribution in [3.63, 3.8) is 0 Å². The average Bonchev–Trinajstić information content (AvgIpc) is 2.89. The Morgan fingerprint density at radius 3 is 2.92 bits per heavy atom. The van der Waals surface area contributed by atoms with E-state index in [-0.39, 0.29) is 0 Å². The summed E-state index contributed by atoms with van der Waals surface area (Å²) in [7, 11) is 0. The molecule has 1 aromatic rings. The van der Waals surface area contributed by atoms with Crippen LogP contribution in [0.5, 0.6) is 0 Å². The molecule has 0 amide bonds. The van der Waals surface area contributed by atoms with Crippen LogP contribution in [0.15, 0.2) is 29.4 Å². The third-order valence-corrected chi connectivity index (χ3v) is 1.94. The molecule has 1 saturated heterocycles. The fourth-order valence-electron chi connectivity index (χ4n) is 1.20. The number of rotatable bonds is 3. The van der Waals surface area contributed by atoms with Gasteiger partial charge < -0.3 is 4.74 Å². The molecule has 1 heterocycles. The highest BCUT2D eigenvalue weighted by molar-refractivity contribution is 5.45. The summed E-state index contributed by atoms with van der Waals surface area (Å²) in [4.78, 5) is 10.3. The SMILES string of the molecule is O=Nc1ccccc1CC1CO1. The number of hydrogen-bond acceptors (Lipinski definition) is 3. The lowest BCUT2D eigenvalue weighted by Crippen LogP contribution is -1.92. The fraction of sp³-hybridized carbons (Fsp3) is 0.333. The molecule has 3 heteroatoms. The first-order chi connectivity index (χ1) is 5.90. The van der Waals surface area contributed by atoms with Crippen LogP contribution in [0.2, 0.25) is 0 Å². The smallest absolute Gasteiger partial charge is 0.111 e. The van der Waals surface area contributed by atoms with Gasteiger partial charge in [-0.15, -0.1) is 4.91 Å². The highest BCUT2D eigenvalue weighted by atomic mass is 16.6. The summed E-state index contributed by atoms with van der Waals surface area (Å²) >= 11 is 0. The van der Waals surface area contributed by atoms with Gasteiger partial charge in [0.2, 0.25) is 0 Å². The Kier molecular flexibility index (Phi) is 1.87. The Morgan fingerprint density at radius 1 is 1.50 bits per heavy atom. The molecule has 0 aliphatic carbocycles. The standard InChI is InChI=1S/C9H9NO2/c11-10-9-4-2-1-3-7(9)5-8-6-12-8/h1-4,8H,5-6H2. The molecule has 3 nitrogen and oxygen atoms in total. The predicted octanol–water partition coefficient (Wildman–Crippen LogP) is 2.03. The molecule has 62 valence electrons. The molecular weight excluding hydrogens is 154 g/mol. The monoisotopic (exact) mass is 163 g/mol. The minimum atomic E-state index is 0.313. The first-order valence-corrected chi connectivity index (χ1v) is 3.93. The van der Waals surface area contributed by atoms with Crippen molar-refractivity contribution in [2.45, 2.75) is 12.5 Å². The number of ether oxygens (including phenoxy) is 1. The van der Waals surface area contributed by atoms with Crippen LogP contribution in [0.25, 0.3) is 0 Å². The minimum Gasteiger partial charge on any atom is -0.373 e. The van der Waals surface area contributed by atoms with Crippen LogP contribution in [0.4, 0.5) is 5.69 Å². The van der Waals surface area contributed by atoms with Crippen molar-refractivity contribution in [3.05, 3.63) is 34.7 Å². The van der Waals surface area contributed by atoms with E-state index in [1.807, 2.05) is 18.2 Å². The zero-order valence-electron chi connectivity index (χ0n) is 6.56. The molecule has 0 bridgehead atoms. The number of benzene rings is 1. The van der Waals surface area contributed by atoms with Crippen molar-refractivity contribution >= 4 is 5.69 Å². The van der Waals surface area contributed by atoms with Crippen molar-refractivity contribution < 1.29 is 4.74 Å². The summed E-state index contributed by atoms with van der Waals surface area (Å²) in [6, 6.07) is 7.36. The predicted molar refractivity (Wildman–Crippen MR) is 45.3 cm³/mol. The Bertz CT molecular complexity index is 294. The van der Waals surface area contributed by atoms with E-state index in [0.29, 0.717) is 11.8 Å². The van der Waals surface area contributed by atoms with Crippen molar-refractivity contribution in [1.29, 1.82) is 0 Å². The Labute approximate surface area is 70.3 Å². The molecule has 12 heavy (non-hydrogen) atoms. The van der Waals surface area contributed by atoms with Gasteiger partial charge in [-0.05, 0) is 16.8 Å². The summed E-state index contributed by atoms with van der Waals surface area (Å²) in [6.45, 7) is 0.813. The largest absolute Gasteiger partial charge is 0.373 e. The summed E-state index contributed by atoms with van der Waals surface area (Å²) in [5.74, 6) is 0. The van der Waals surface area contributed by atoms with E-state index in [0.717, 1.165) is 18.6 Å². The van der Waals surface area contributed by atoms with Gasteiger partial charge in [0.1, 0.15) is 5.69 Å². The number of hydrogen-bond donors (Lipinski definition) is 0. The molecule has 0 spiro atoms. The first kappa shape index (κ1) is 7.43. The second-order valence-electron chi connectivity index (χ2n) is 2.88. The summed E-state index contributed by atoms with van der Waals surface area (Å²) < 4.78 is 5.07. The highest BCUT2D eigenvalue weighted by Gasteiger charge is 2.23. The van der Waals surface area contributed by atoms with Crippen LogP contribution in [-0.4, -0.2) is 12.7 Å². The minimum absolute atomic E-state index is 0.313. The van der Waals surface area contributed by atoms with E-state index in [1.54, 1.807) is 6.07 Å². The van der Waals surface area contributed by atoms with Crippen molar-refractivity contribution in [1.82, 2.24) is 0 Å². The summed E-state index contributed by atoms with van der Waals surface area (Å²) in [5.41, 5.74) is 1.52. The second kappa shape index (κ2) is 3.03. The van der Waals surface area contributed by atoms with E-state index >= 15 is 0 Å². The van der Waals surface area contributed by atoms with Gasteiger partial charge in [-0.2, -0.15) is 0 Å². The molecule has 1 atom stereocenters. The van der Waals surface area contributed by atoms with Crippen LogP contribution >= 0.6 is 0 Å². The highest BCUT2D eigenvalue weighted by Crippen LogP contribution is 2.23. The summed E-state index contributed by atoms with van der Waals surface area (Å²) in [5, 5.41) is 2.95. The molecule has 0 aromatic heterocycles. The number of epoxide rings is 1. The molecule has 2 rings (SSSR count). The normalized spacial score (nSPS) is 20.5. The fourth-order valence-corrected chi connectivity index (χ4v) is 1.20. The Morgan fingerprint density at radius 2 is 2.25 bits per heavy atom. The number of nitroso groups, excluding NO2 is 1. The van der Waals surface area contributed by atoms with E-state index in [1.165, 1.54) is 0 Å². The molecule has 1 aromatic carbocycles. The molecule has 1 aliphatic heterocycles. The van der Waals surface area contributed by atoms with Crippen molar-refractivity contribution in [2.75, 3.05) is 6.61 Å².